The van der Waals surface area contributed by atoms with E-state index in [0.717, 1.165) is 5.57 Å². The number of aromatic amines is 1. The van der Waals surface area contributed by atoms with Crippen LogP contribution in [0.1, 0.15) is 33.6 Å². The summed E-state index contributed by atoms with van der Waals surface area (Å²) >= 11 is 0. The van der Waals surface area contributed by atoms with Crippen molar-refractivity contribution in [3.05, 3.63) is 80.0 Å². The highest BCUT2D eigenvalue weighted by atomic mass is 19.2. The molecule has 3 aromatic rings. The molecule has 1 fully saturated rings. The van der Waals surface area contributed by atoms with Crippen LogP contribution in [-0.2, 0) is 6.54 Å². The van der Waals surface area contributed by atoms with Crippen LogP contribution in [0.2, 0.25) is 0 Å². The van der Waals surface area contributed by atoms with Gasteiger partial charge in [-0.15, -0.1) is 0 Å². The van der Waals surface area contributed by atoms with Crippen LogP contribution in [0.25, 0.3) is 17.1 Å². The van der Waals surface area contributed by atoms with Gasteiger partial charge in [0.1, 0.15) is 11.2 Å². The molecule has 1 saturated heterocycles. The van der Waals surface area contributed by atoms with Gasteiger partial charge in [0, 0.05) is 30.8 Å². The average molecular weight is 458 g/mol. The molecule has 0 unspecified atom stereocenters. The molecule has 0 aliphatic carbocycles. The number of nitrogens with one attached hydrogen (secondary N) is 2. The van der Waals surface area contributed by atoms with Crippen molar-refractivity contribution in [2.45, 2.75) is 19.9 Å². The lowest BCUT2D eigenvalue weighted by atomic mass is 10.1. The van der Waals surface area contributed by atoms with E-state index >= 15 is 0 Å². The van der Waals surface area contributed by atoms with Gasteiger partial charge < -0.3 is 10.3 Å². The van der Waals surface area contributed by atoms with Gasteiger partial charge in [0.25, 0.3) is 5.56 Å². The van der Waals surface area contributed by atoms with Gasteiger partial charge in [-0.1, -0.05) is 23.8 Å². The number of aromatic nitrogens is 2. The van der Waals surface area contributed by atoms with Crippen molar-refractivity contribution in [1.29, 1.82) is 0 Å². The minimum Gasteiger partial charge on any atom is -0.323 e. The molecule has 2 aromatic carbocycles. The first kappa shape index (κ1) is 24.3. The van der Waals surface area contributed by atoms with E-state index < -0.39 is 23.0 Å². The zero-order valence-corrected chi connectivity index (χ0v) is 18.6. The quantitative estimate of drug-likeness (QED) is 0.585. The number of hydrogen-bond donors (Lipinski definition) is 2. The van der Waals surface area contributed by atoms with Crippen molar-refractivity contribution in [3.63, 3.8) is 0 Å². The minimum atomic E-state index is -1.16. The summed E-state index contributed by atoms with van der Waals surface area (Å²) in [4.78, 5) is 31.1. The molecule has 9 heteroatoms. The minimum absolute atomic E-state index is 0.0749. The van der Waals surface area contributed by atoms with Gasteiger partial charge in [0.05, 0.1) is 11.1 Å². The van der Waals surface area contributed by atoms with E-state index in [9.17, 15) is 22.8 Å². The molecule has 174 valence electrons. The van der Waals surface area contributed by atoms with Crippen molar-refractivity contribution >= 4 is 23.4 Å². The van der Waals surface area contributed by atoms with Crippen molar-refractivity contribution < 1.29 is 18.0 Å². The fourth-order valence-electron chi connectivity index (χ4n) is 3.62. The van der Waals surface area contributed by atoms with E-state index in [4.69, 9.17) is 0 Å². The Labute approximate surface area is 189 Å². The second-order valence-corrected chi connectivity index (χ2v) is 7.84. The fraction of sp³-hybridized carbons (Fsp3) is 0.292. The third-order valence-electron chi connectivity index (χ3n) is 5.25. The molecule has 2 heterocycles. The number of nitrogens with zero attached hydrogens (tertiary/aromatic N) is 2. The van der Waals surface area contributed by atoms with E-state index in [1.807, 2.05) is 19.0 Å². The molecule has 0 radical (unpaired) electrons. The molecule has 0 atom stereocenters. The Morgan fingerprint density at radius 3 is 2.45 bits per heavy atom. The molecule has 0 amide bonds. The van der Waals surface area contributed by atoms with Gasteiger partial charge in [0.2, 0.25) is 0 Å². The third-order valence-corrected chi connectivity index (χ3v) is 5.25. The standard InChI is InChI=1S/C22H18F3N3O2.C2H7N/c1-12-22(30)27-21-17(26-12)5-4-15(20(21)25)10-28-7-6-13(9-28)8-14-2-3-16(11-29)19(24)18(14)23;1-3-2/h2-5,8,11H,6-7,9-10H2,1H3,(H,27,30);3H,1-2H3/b13-8-;. The average Bonchev–Trinajstić information content (AvgIpc) is 3.23. The van der Waals surface area contributed by atoms with Crippen LogP contribution < -0.4 is 10.9 Å². The van der Waals surface area contributed by atoms with Gasteiger partial charge in [-0.3, -0.25) is 14.5 Å². The number of benzene rings is 2. The van der Waals surface area contributed by atoms with Crippen LogP contribution >= 0.6 is 0 Å². The van der Waals surface area contributed by atoms with Crippen molar-refractivity contribution in [2.24, 2.45) is 0 Å². The Bertz CT molecular complexity index is 1270. The monoisotopic (exact) mass is 458 g/mol. The molecule has 0 bridgehead atoms. The molecule has 6 nitrogen and oxygen atoms in total. The van der Waals surface area contributed by atoms with Gasteiger partial charge in [0.15, 0.2) is 23.7 Å². The summed E-state index contributed by atoms with van der Waals surface area (Å²) in [6.45, 7) is 2.96. The summed E-state index contributed by atoms with van der Waals surface area (Å²) in [7, 11) is 3.75. The second-order valence-electron chi connectivity index (χ2n) is 7.84. The number of carbonyl (C=O) groups is 1. The molecule has 1 aliphatic rings. The summed E-state index contributed by atoms with van der Waals surface area (Å²) in [5, 5.41) is 2.75. The van der Waals surface area contributed by atoms with E-state index in [1.54, 1.807) is 25.1 Å². The van der Waals surface area contributed by atoms with Gasteiger partial charge >= 0.3 is 0 Å². The zero-order chi connectivity index (χ0) is 24.1. The number of carbonyl (C=O) groups excluding carboxylic acids is 1. The Kier molecular flexibility index (Phi) is 7.78. The number of aryl methyl sites for hydroxylation is 1. The van der Waals surface area contributed by atoms with E-state index in [-0.39, 0.29) is 28.6 Å². The molecule has 0 spiro atoms. The SMILES string of the molecule is CNC.Cc1nc2ccc(CN3CC/C(=C/c4ccc(C=O)c(F)c4F)C3)c(F)c2[nH]c1=O. The second kappa shape index (κ2) is 10.5. The Morgan fingerprint density at radius 1 is 1.09 bits per heavy atom. The predicted octanol–water partition coefficient (Wildman–Crippen LogP) is 3.59. The highest BCUT2D eigenvalue weighted by Gasteiger charge is 2.20. The Balaban J connectivity index is 0.000000968. The topological polar surface area (TPSA) is 78.1 Å². The van der Waals surface area contributed by atoms with Crippen LogP contribution in [0.15, 0.2) is 34.6 Å². The van der Waals surface area contributed by atoms with Crippen LogP contribution in [0.3, 0.4) is 0 Å². The molecule has 0 saturated carbocycles. The first-order valence-electron chi connectivity index (χ1n) is 10.4. The lowest BCUT2D eigenvalue weighted by Gasteiger charge is -2.15. The van der Waals surface area contributed by atoms with Crippen molar-refractivity contribution in [2.75, 3.05) is 27.2 Å². The highest BCUT2D eigenvalue weighted by Crippen LogP contribution is 2.25. The van der Waals surface area contributed by atoms with E-state index in [1.165, 1.54) is 12.1 Å². The van der Waals surface area contributed by atoms with Crippen LogP contribution in [-0.4, -0.2) is 48.3 Å². The number of hydrogen-bond acceptors (Lipinski definition) is 5. The third kappa shape index (κ3) is 5.37. The van der Waals surface area contributed by atoms with Crippen LogP contribution in [0.5, 0.6) is 0 Å². The number of halogens is 3. The summed E-state index contributed by atoms with van der Waals surface area (Å²) in [5.74, 6) is -2.74. The molecular formula is C24H25F3N4O2. The number of aldehydes is 1. The lowest BCUT2D eigenvalue weighted by molar-refractivity contribution is 0.111. The number of fused-ring (bicyclic) bond motifs is 1. The zero-order valence-electron chi connectivity index (χ0n) is 18.6. The molecule has 2 N–H and O–H groups in total. The van der Waals surface area contributed by atoms with Gasteiger partial charge in [-0.25, -0.2) is 18.2 Å². The fourth-order valence-corrected chi connectivity index (χ4v) is 3.62. The number of rotatable bonds is 4. The summed E-state index contributed by atoms with van der Waals surface area (Å²) in [5.41, 5.74) is 1.34. The molecular weight excluding hydrogens is 433 g/mol. The number of likely N-dealkylation sites (tertiary alicyclic amines) is 1. The number of H-pyrrole nitrogens is 1. The van der Waals surface area contributed by atoms with Gasteiger partial charge in [-0.2, -0.15) is 0 Å². The predicted molar refractivity (Wildman–Crippen MR) is 122 cm³/mol. The molecule has 33 heavy (non-hydrogen) atoms. The van der Waals surface area contributed by atoms with Crippen molar-refractivity contribution in [3.8, 4) is 0 Å². The first-order chi connectivity index (χ1) is 15.8. The van der Waals surface area contributed by atoms with Crippen molar-refractivity contribution in [1.82, 2.24) is 20.2 Å². The maximum absolute atomic E-state index is 14.9. The molecule has 1 aliphatic heterocycles. The highest BCUT2D eigenvalue weighted by molar-refractivity contribution is 5.76. The molecule has 4 rings (SSSR count). The maximum atomic E-state index is 14.9. The molecule has 1 aromatic heterocycles. The summed E-state index contributed by atoms with van der Waals surface area (Å²) in [6, 6.07) is 5.91. The summed E-state index contributed by atoms with van der Waals surface area (Å²) < 4.78 is 42.8. The maximum Gasteiger partial charge on any atom is 0.269 e. The largest absolute Gasteiger partial charge is 0.323 e. The van der Waals surface area contributed by atoms with E-state index in [0.29, 0.717) is 37.1 Å². The van der Waals surface area contributed by atoms with E-state index in [2.05, 4.69) is 15.3 Å². The summed E-state index contributed by atoms with van der Waals surface area (Å²) in [6.07, 6.45) is 2.46. The Morgan fingerprint density at radius 2 is 1.76 bits per heavy atom. The van der Waals surface area contributed by atoms with Crippen LogP contribution in [0, 0.1) is 24.4 Å². The van der Waals surface area contributed by atoms with Crippen LogP contribution in [0.4, 0.5) is 13.2 Å². The van der Waals surface area contributed by atoms with Gasteiger partial charge in [-0.05, 0) is 39.6 Å². The normalized spacial score (nSPS) is 15.0. The smallest absolute Gasteiger partial charge is 0.269 e. The lowest BCUT2D eigenvalue weighted by Crippen LogP contribution is -2.20. The Hall–Kier alpha value is -3.30. The first-order valence-corrected chi connectivity index (χ1v) is 10.4.